The van der Waals surface area contributed by atoms with Crippen LogP contribution in [0.5, 0.6) is 0 Å². The summed E-state index contributed by atoms with van der Waals surface area (Å²) in [7, 11) is 0. The highest BCUT2D eigenvalue weighted by atomic mass is 32.1. The van der Waals surface area contributed by atoms with Crippen molar-refractivity contribution in [3.63, 3.8) is 0 Å². The van der Waals surface area contributed by atoms with Crippen LogP contribution in [0.4, 0.5) is 13.2 Å². The van der Waals surface area contributed by atoms with E-state index in [1.807, 2.05) is 0 Å². The maximum Gasteiger partial charge on any atom is 0.187 e. The largest absolute Gasteiger partial charge is 0.357 e. The Hall–Kier alpha value is -2.41. The predicted octanol–water partition coefficient (Wildman–Crippen LogP) is 3.49. The highest BCUT2D eigenvalue weighted by molar-refractivity contribution is 7.80. The number of rotatable bonds is 4. The molecule has 0 aliphatic heterocycles. The zero-order valence-electron chi connectivity index (χ0n) is 12.2. The van der Waals surface area contributed by atoms with Gasteiger partial charge in [-0.2, -0.15) is 5.10 Å². The van der Waals surface area contributed by atoms with Gasteiger partial charge in [-0.25, -0.2) is 13.2 Å². The molecule has 2 rings (SSSR count). The Balaban J connectivity index is 1.89. The minimum absolute atomic E-state index is 0.260. The molecule has 0 spiro atoms. The highest BCUT2D eigenvalue weighted by Gasteiger charge is 2.05. The number of nitrogens with one attached hydrogen (secondary N) is 2. The molecule has 2 aromatic rings. The number of hydrogen-bond donors (Lipinski definition) is 2. The van der Waals surface area contributed by atoms with E-state index in [9.17, 15) is 13.2 Å². The van der Waals surface area contributed by atoms with E-state index in [-0.39, 0.29) is 10.9 Å². The second-order valence-corrected chi connectivity index (χ2v) is 5.16. The first kappa shape index (κ1) is 17.0. The van der Waals surface area contributed by atoms with E-state index in [1.54, 1.807) is 19.1 Å². The summed E-state index contributed by atoms with van der Waals surface area (Å²) >= 11 is 5.06. The molecule has 23 heavy (non-hydrogen) atoms. The van der Waals surface area contributed by atoms with Crippen molar-refractivity contribution < 1.29 is 13.2 Å². The van der Waals surface area contributed by atoms with E-state index in [4.69, 9.17) is 12.2 Å². The molecule has 0 radical (unpaired) electrons. The molecule has 120 valence electrons. The number of benzene rings is 2. The van der Waals surface area contributed by atoms with Crippen LogP contribution >= 0.6 is 12.2 Å². The second kappa shape index (κ2) is 7.73. The van der Waals surface area contributed by atoms with Crippen LogP contribution in [0.1, 0.15) is 18.1 Å². The summed E-state index contributed by atoms with van der Waals surface area (Å²) in [5.74, 6) is -2.15. The van der Waals surface area contributed by atoms with Crippen LogP contribution in [0.25, 0.3) is 0 Å². The van der Waals surface area contributed by atoms with Gasteiger partial charge in [0.2, 0.25) is 0 Å². The smallest absolute Gasteiger partial charge is 0.187 e. The molecule has 3 nitrogen and oxygen atoms in total. The normalized spacial score (nSPS) is 11.2. The summed E-state index contributed by atoms with van der Waals surface area (Å²) in [5.41, 5.74) is 4.37. The van der Waals surface area contributed by atoms with E-state index >= 15 is 0 Å². The van der Waals surface area contributed by atoms with Crippen molar-refractivity contribution in [2.45, 2.75) is 13.5 Å². The van der Waals surface area contributed by atoms with Crippen LogP contribution in [0.3, 0.4) is 0 Å². The van der Waals surface area contributed by atoms with E-state index in [0.29, 0.717) is 17.8 Å². The van der Waals surface area contributed by atoms with E-state index in [2.05, 4.69) is 15.8 Å². The minimum Gasteiger partial charge on any atom is -0.357 e. The summed E-state index contributed by atoms with van der Waals surface area (Å²) in [6, 6.07) is 9.52. The first-order valence-electron chi connectivity index (χ1n) is 6.73. The Bertz CT molecular complexity index is 730. The molecule has 0 atom stereocenters. The molecule has 0 aliphatic rings. The van der Waals surface area contributed by atoms with Crippen LogP contribution in [0.2, 0.25) is 0 Å². The number of halogens is 3. The van der Waals surface area contributed by atoms with E-state index in [1.165, 1.54) is 18.2 Å². The van der Waals surface area contributed by atoms with Crippen molar-refractivity contribution in [2.24, 2.45) is 5.10 Å². The summed E-state index contributed by atoms with van der Waals surface area (Å²) in [4.78, 5) is 0. The lowest BCUT2D eigenvalue weighted by Crippen LogP contribution is -2.32. The first-order chi connectivity index (χ1) is 11.0. The van der Waals surface area contributed by atoms with Crippen molar-refractivity contribution in [2.75, 3.05) is 0 Å². The Kier molecular flexibility index (Phi) is 5.70. The molecule has 0 heterocycles. The van der Waals surface area contributed by atoms with Crippen LogP contribution in [-0.4, -0.2) is 10.8 Å². The monoisotopic (exact) mass is 337 g/mol. The third kappa shape index (κ3) is 5.07. The molecule has 0 saturated carbocycles. The summed E-state index contributed by atoms with van der Waals surface area (Å²) < 4.78 is 38.8. The third-order valence-corrected chi connectivity index (χ3v) is 3.26. The summed E-state index contributed by atoms with van der Waals surface area (Å²) in [5, 5.41) is 7.17. The fourth-order valence-corrected chi connectivity index (χ4v) is 1.86. The molecular formula is C16H14F3N3S. The summed E-state index contributed by atoms with van der Waals surface area (Å²) in [6.45, 7) is 2.05. The van der Waals surface area contributed by atoms with Gasteiger partial charge >= 0.3 is 0 Å². The van der Waals surface area contributed by atoms with E-state index < -0.39 is 11.6 Å². The Morgan fingerprint density at radius 2 is 1.74 bits per heavy atom. The molecular weight excluding hydrogens is 323 g/mol. The molecule has 7 heteroatoms. The number of nitrogens with zero attached hydrogens (tertiary/aromatic N) is 1. The fraction of sp³-hybridized carbons (Fsp3) is 0.125. The molecule has 0 unspecified atom stereocenters. The zero-order chi connectivity index (χ0) is 16.8. The molecule has 0 fully saturated rings. The Morgan fingerprint density at radius 3 is 2.39 bits per heavy atom. The quantitative estimate of drug-likeness (QED) is 0.509. The lowest BCUT2D eigenvalue weighted by Gasteiger charge is -2.08. The van der Waals surface area contributed by atoms with Gasteiger partial charge in [-0.1, -0.05) is 12.1 Å². The number of thiocarbonyl (C=S) groups is 1. The van der Waals surface area contributed by atoms with Gasteiger partial charge in [0.15, 0.2) is 16.7 Å². The molecule has 0 amide bonds. The van der Waals surface area contributed by atoms with Crippen molar-refractivity contribution in [3.05, 3.63) is 71.0 Å². The minimum atomic E-state index is -0.936. The molecule has 2 aromatic carbocycles. The van der Waals surface area contributed by atoms with Crippen molar-refractivity contribution in [1.82, 2.24) is 10.7 Å². The van der Waals surface area contributed by atoms with Gasteiger partial charge in [0.05, 0.1) is 5.71 Å². The lowest BCUT2D eigenvalue weighted by molar-refractivity contribution is 0.508. The molecule has 0 aromatic heterocycles. The average Bonchev–Trinajstić information content (AvgIpc) is 2.54. The topological polar surface area (TPSA) is 36.4 Å². The fourth-order valence-electron chi connectivity index (χ4n) is 1.74. The van der Waals surface area contributed by atoms with Gasteiger partial charge < -0.3 is 5.32 Å². The van der Waals surface area contributed by atoms with Crippen molar-refractivity contribution in [1.29, 1.82) is 0 Å². The summed E-state index contributed by atoms with van der Waals surface area (Å²) in [6.07, 6.45) is 0. The average molecular weight is 337 g/mol. The van der Waals surface area contributed by atoms with Gasteiger partial charge in [0, 0.05) is 12.1 Å². The zero-order valence-corrected chi connectivity index (χ0v) is 13.1. The highest BCUT2D eigenvalue weighted by Crippen LogP contribution is 2.09. The molecule has 0 bridgehead atoms. The lowest BCUT2D eigenvalue weighted by atomic mass is 10.1. The third-order valence-electron chi connectivity index (χ3n) is 3.03. The van der Waals surface area contributed by atoms with Gasteiger partial charge in [-0.05, 0) is 55.0 Å². The second-order valence-electron chi connectivity index (χ2n) is 4.75. The molecule has 2 N–H and O–H groups in total. The molecule has 0 aliphatic carbocycles. The first-order valence-corrected chi connectivity index (χ1v) is 7.14. The van der Waals surface area contributed by atoms with Crippen molar-refractivity contribution in [3.8, 4) is 0 Å². The van der Waals surface area contributed by atoms with Gasteiger partial charge in [0.25, 0.3) is 0 Å². The van der Waals surface area contributed by atoms with Crippen LogP contribution in [0, 0.1) is 17.5 Å². The number of hydrazone groups is 1. The van der Waals surface area contributed by atoms with Gasteiger partial charge in [-0.3, -0.25) is 5.43 Å². The predicted molar refractivity (Wildman–Crippen MR) is 87.5 cm³/mol. The Labute approximate surface area is 137 Å². The molecule has 0 saturated heterocycles. The standard InChI is InChI=1S/C16H14F3N3S/c1-10(12-4-7-14(18)15(19)8-12)21-22-16(23)20-9-11-2-5-13(17)6-3-11/h2-8H,9H2,1H3,(H2,20,22,23)/b21-10-. The van der Waals surface area contributed by atoms with Crippen LogP contribution in [0.15, 0.2) is 47.6 Å². The number of hydrogen-bond acceptors (Lipinski definition) is 2. The maximum atomic E-state index is 13.2. The Morgan fingerprint density at radius 1 is 1.04 bits per heavy atom. The van der Waals surface area contributed by atoms with Gasteiger partial charge in [-0.15, -0.1) is 0 Å². The van der Waals surface area contributed by atoms with Gasteiger partial charge in [0.1, 0.15) is 5.82 Å². The van der Waals surface area contributed by atoms with Crippen LogP contribution < -0.4 is 10.7 Å². The van der Waals surface area contributed by atoms with Crippen LogP contribution in [-0.2, 0) is 6.54 Å². The van der Waals surface area contributed by atoms with Crippen molar-refractivity contribution >= 4 is 23.0 Å². The SMILES string of the molecule is C/C(=N/NC(=S)NCc1ccc(F)cc1)c1ccc(F)c(F)c1. The van der Waals surface area contributed by atoms with E-state index in [0.717, 1.165) is 17.7 Å². The maximum absolute atomic E-state index is 13.2.